The Labute approximate surface area is 113 Å². The minimum Gasteiger partial charge on any atom is -0.508 e. The van der Waals surface area contributed by atoms with Gasteiger partial charge in [-0.05, 0) is 17.7 Å². The normalized spacial score (nSPS) is 10.8. The number of nitrogen functional groups attached to an aromatic ring is 1. The molecule has 0 unspecified atom stereocenters. The van der Waals surface area contributed by atoms with Crippen LogP contribution in [0.1, 0.15) is 0 Å². The summed E-state index contributed by atoms with van der Waals surface area (Å²) in [6, 6.07) is 6.47. The van der Waals surface area contributed by atoms with Gasteiger partial charge in [-0.25, -0.2) is 0 Å². The maximum atomic E-state index is 12.1. The van der Waals surface area contributed by atoms with Crippen molar-refractivity contribution >= 4 is 5.95 Å². The maximum Gasteiger partial charge on any atom is 0.284 e. The van der Waals surface area contributed by atoms with Crippen LogP contribution in [-0.2, 0) is 7.05 Å². The third-order valence-corrected chi connectivity index (χ3v) is 2.99. The van der Waals surface area contributed by atoms with Gasteiger partial charge in [0, 0.05) is 12.6 Å². The van der Waals surface area contributed by atoms with Crippen molar-refractivity contribution in [1.29, 1.82) is 0 Å². The van der Waals surface area contributed by atoms with E-state index < -0.39 is 5.56 Å². The number of aryl methyl sites for hydroxylation is 1. The first kappa shape index (κ1) is 12.1. The SMILES string of the molecule is Cn1ncc(-c2ccc(O)cc2)c2c(=O)nc(N)nc1-2. The van der Waals surface area contributed by atoms with Gasteiger partial charge in [0.15, 0.2) is 5.82 Å². The highest BCUT2D eigenvalue weighted by Gasteiger charge is 2.19. The summed E-state index contributed by atoms with van der Waals surface area (Å²) in [6.45, 7) is 0. The fourth-order valence-corrected chi connectivity index (χ4v) is 2.04. The Bertz CT molecular complexity index is 810. The van der Waals surface area contributed by atoms with Gasteiger partial charge < -0.3 is 10.8 Å². The molecule has 0 amide bonds. The van der Waals surface area contributed by atoms with Crippen LogP contribution in [0.25, 0.3) is 22.5 Å². The Balaban J connectivity index is 2.35. The molecule has 3 rings (SSSR count). The van der Waals surface area contributed by atoms with Crippen LogP contribution < -0.4 is 11.3 Å². The number of hydrogen-bond donors (Lipinski definition) is 2. The summed E-state index contributed by atoms with van der Waals surface area (Å²) < 4.78 is 1.47. The monoisotopic (exact) mass is 269 g/mol. The number of hydrogen-bond acceptors (Lipinski definition) is 6. The van der Waals surface area contributed by atoms with E-state index in [4.69, 9.17) is 5.73 Å². The minimum atomic E-state index is -0.450. The number of benzene rings is 1. The number of aromatic nitrogens is 4. The van der Waals surface area contributed by atoms with Crippen LogP contribution in [0.5, 0.6) is 5.75 Å². The first-order valence-corrected chi connectivity index (χ1v) is 5.85. The Morgan fingerprint density at radius 2 is 1.90 bits per heavy atom. The van der Waals surface area contributed by atoms with Crippen LogP contribution >= 0.6 is 0 Å². The number of nitrogens with two attached hydrogens (primary N) is 1. The predicted molar refractivity (Wildman–Crippen MR) is 73.2 cm³/mol. The predicted octanol–water partition coefficient (Wildman–Crippen LogP) is 0.630. The molecule has 3 N–H and O–H groups in total. The molecular weight excluding hydrogens is 258 g/mol. The topological polar surface area (TPSA) is 107 Å². The van der Waals surface area contributed by atoms with E-state index in [9.17, 15) is 9.90 Å². The second-order valence-corrected chi connectivity index (χ2v) is 4.31. The van der Waals surface area contributed by atoms with Gasteiger partial charge in [0.2, 0.25) is 5.95 Å². The molecule has 20 heavy (non-hydrogen) atoms. The molecule has 7 heteroatoms. The Kier molecular flexibility index (Phi) is 2.60. The molecule has 0 aromatic heterocycles. The Hall–Kier alpha value is -2.96. The molecule has 7 nitrogen and oxygen atoms in total. The highest BCUT2D eigenvalue weighted by atomic mass is 16.3. The molecular formula is C13H11N5O2. The molecule has 100 valence electrons. The lowest BCUT2D eigenvalue weighted by atomic mass is 10.0. The zero-order valence-corrected chi connectivity index (χ0v) is 10.6. The van der Waals surface area contributed by atoms with Gasteiger partial charge in [-0.3, -0.25) is 9.48 Å². The molecule has 0 saturated carbocycles. The first-order valence-electron chi connectivity index (χ1n) is 5.85. The van der Waals surface area contributed by atoms with Crippen LogP contribution in [-0.4, -0.2) is 24.9 Å². The smallest absolute Gasteiger partial charge is 0.284 e. The van der Waals surface area contributed by atoms with Crippen LogP contribution in [0, 0.1) is 0 Å². The molecule has 0 atom stereocenters. The van der Waals surface area contributed by atoms with E-state index in [-0.39, 0.29) is 11.7 Å². The van der Waals surface area contributed by atoms with Gasteiger partial charge in [0.1, 0.15) is 5.75 Å². The van der Waals surface area contributed by atoms with E-state index in [2.05, 4.69) is 15.1 Å². The maximum absolute atomic E-state index is 12.1. The van der Waals surface area contributed by atoms with E-state index in [1.165, 1.54) is 16.8 Å². The molecule has 1 aromatic rings. The molecule has 2 aliphatic rings. The van der Waals surface area contributed by atoms with Gasteiger partial charge >= 0.3 is 0 Å². The number of aromatic hydroxyl groups is 1. The number of fused-ring (bicyclic) bond motifs is 1. The molecule has 0 saturated heterocycles. The van der Waals surface area contributed by atoms with Crippen molar-refractivity contribution in [2.45, 2.75) is 0 Å². The number of anilines is 1. The average molecular weight is 269 g/mol. The first-order chi connectivity index (χ1) is 9.56. The second kappa shape index (κ2) is 4.30. The zero-order chi connectivity index (χ0) is 14.3. The zero-order valence-electron chi connectivity index (χ0n) is 10.6. The van der Waals surface area contributed by atoms with Crippen LogP contribution in [0.2, 0.25) is 0 Å². The van der Waals surface area contributed by atoms with Crippen molar-refractivity contribution < 1.29 is 5.11 Å². The standard InChI is InChI=1S/C13H11N5O2/c1-18-11-10(12(20)17-13(14)16-11)9(6-15-18)7-2-4-8(19)5-3-7/h2-6,19H,1H3,(H2,14,17,20). The minimum absolute atomic E-state index is 0.0808. The Morgan fingerprint density at radius 3 is 2.60 bits per heavy atom. The summed E-state index contributed by atoms with van der Waals surface area (Å²) in [5.74, 6) is 0.436. The average Bonchev–Trinajstić information content (AvgIpc) is 2.41. The Morgan fingerprint density at radius 1 is 1.20 bits per heavy atom. The number of phenolic OH excluding ortho intramolecular Hbond substituents is 1. The van der Waals surface area contributed by atoms with Crippen LogP contribution in [0.4, 0.5) is 5.95 Å². The third kappa shape index (κ3) is 1.85. The van der Waals surface area contributed by atoms with E-state index in [0.717, 1.165) is 5.56 Å². The summed E-state index contributed by atoms with van der Waals surface area (Å²) >= 11 is 0. The quantitative estimate of drug-likeness (QED) is 0.671. The number of nitrogens with zero attached hydrogens (tertiary/aromatic N) is 4. The van der Waals surface area contributed by atoms with Crippen molar-refractivity contribution in [3.8, 4) is 28.3 Å². The lowest BCUT2D eigenvalue weighted by Crippen LogP contribution is -2.20. The third-order valence-electron chi connectivity index (χ3n) is 2.99. The van der Waals surface area contributed by atoms with E-state index >= 15 is 0 Å². The van der Waals surface area contributed by atoms with Crippen LogP contribution in [0.3, 0.4) is 0 Å². The largest absolute Gasteiger partial charge is 0.508 e. The van der Waals surface area contributed by atoms with Gasteiger partial charge in [-0.15, -0.1) is 0 Å². The van der Waals surface area contributed by atoms with Crippen molar-refractivity contribution in [3.05, 3.63) is 40.8 Å². The summed E-state index contributed by atoms with van der Waals surface area (Å²) in [5.41, 5.74) is 6.75. The van der Waals surface area contributed by atoms with Gasteiger partial charge in [0.05, 0.1) is 11.8 Å². The van der Waals surface area contributed by atoms with E-state index in [1.807, 2.05) is 0 Å². The van der Waals surface area contributed by atoms with Crippen LogP contribution in [0.15, 0.2) is 35.3 Å². The number of phenols is 1. The van der Waals surface area contributed by atoms with Gasteiger partial charge in [-0.1, -0.05) is 12.1 Å². The number of rotatable bonds is 1. The molecule has 1 aromatic carbocycles. The van der Waals surface area contributed by atoms with Crippen molar-refractivity contribution in [2.24, 2.45) is 7.05 Å². The van der Waals surface area contributed by atoms with Crippen molar-refractivity contribution in [3.63, 3.8) is 0 Å². The lowest BCUT2D eigenvalue weighted by molar-refractivity contribution is 0.475. The van der Waals surface area contributed by atoms with E-state index in [1.54, 1.807) is 25.4 Å². The molecule has 0 radical (unpaired) electrons. The highest BCUT2D eigenvalue weighted by Crippen LogP contribution is 2.29. The molecule has 0 spiro atoms. The molecule has 0 fully saturated rings. The molecule has 0 aliphatic carbocycles. The molecule has 2 heterocycles. The molecule has 0 bridgehead atoms. The fourth-order valence-electron chi connectivity index (χ4n) is 2.04. The van der Waals surface area contributed by atoms with Crippen molar-refractivity contribution in [2.75, 3.05) is 5.73 Å². The summed E-state index contributed by atoms with van der Waals surface area (Å²) in [6.07, 6.45) is 1.57. The van der Waals surface area contributed by atoms with Gasteiger partial charge in [-0.2, -0.15) is 15.1 Å². The summed E-state index contributed by atoms with van der Waals surface area (Å²) in [7, 11) is 1.68. The molecule has 2 aliphatic heterocycles. The van der Waals surface area contributed by atoms with Gasteiger partial charge in [0.25, 0.3) is 5.56 Å². The van der Waals surface area contributed by atoms with E-state index in [0.29, 0.717) is 17.0 Å². The summed E-state index contributed by atoms with van der Waals surface area (Å²) in [4.78, 5) is 19.8. The van der Waals surface area contributed by atoms with Crippen molar-refractivity contribution in [1.82, 2.24) is 19.7 Å². The summed E-state index contributed by atoms with van der Waals surface area (Å²) in [5, 5.41) is 13.5. The fraction of sp³-hybridized carbons (Fsp3) is 0.0769. The highest BCUT2D eigenvalue weighted by molar-refractivity contribution is 5.80. The lowest BCUT2D eigenvalue weighted by Gasteiger charge is -2.13. The second-order valence-electron chi connectivity index (χ2n) is 4.31.